The van der Waals surface area contributed by atoms with Crippen LogP contribution in [0.2, 0.25) is 0 Å². The molecule has 6 nitrogen and oxygen atoms in total. The molecule has 0 aromatic carbocycles. The molecule has 3 rings (SSSR count). The normalized spacial score (nSPS) is 26.8. The monoisotopic (exact) mass is 279 g/mol. The van der Waals surface area contributed by atoms with Crippen molar-refractivity contribution in [3.8, 4) is 5.88 Å². The van der Waals surface area contributed by atoms with Crippen molar-refractivity contribution in [1.29, 1.82) is 0 Å². The molecule has 0 spiro atoms. The fraction of sp³-hybridized carbons (Fsp3) is 0.714. The van der Waals surface area contributed by atoms with E-state index in [0.29, 0.717) is 19.1 Å². The van der Waals surface area contributed by atoms with E-state index in [1.807, 2.05) is 6.92 Å². The van der Waals surface area contributed by atoms with E-state index >= 15 is 0 Å². The van der Waals surface area contributed by atoms with Crippen molar-refractivity contribution in [3.05, 3.63) is 12.4 Å². The average molecular weight is 279 g/mol. The van der Waals surface area contributed by atoms with Crippen LogP contribution in [0.1, 0.15) is 19.8 Å². The smallest absolute Gasteiger partial charge is 0.234 e. The van der Waals surface area contributed by atoms with Crippen LogP contribution in [0.15, 0.2) is 12.4 Å². The van der Waals surface area contributed by atoms with Crippen molar-refractivity contribution in [3.63, 3.8) is 0 Å². The fourth-order valence-electron chi connectivity index (χ4n) is 2.71. The first-order valence-corrected chi connectivity index (χ1v) is 7.30. The molecule has 2 saturated heterocycles. The summed E-state index contributed by atoms with van der Waals surface area (Å²) in [5.74, 6) is 1.42. The maximum atomic E-state index is 5.85. The van der Waals surface area contributed by atoms with Gasteiger partial charge in [-0.2, -0.15) is 4.98 Å². The molecule has 2 aliphatic heterocycles. The molecule has 2 fully saturated rings. The van der Waals surface area contributed by atoms with Gasteiger partial charge in [0, 0.05) is 19.7 Å². The largest absolute Gasteiger partial charge is 0.477 e. The summed E-state index contributed by atoms with van der Waals surface area (Å²) in [7, 11) is 0. The Hall–Kier alpha value is -1.40. The van der Waals surface area contributed by atoms with E-state index in [2.05, 4.69) is 14.9 Å². The van der Waals surface area contributed by atoms with Crippen LogP contribution in [0.25, 0.3) is 0 Å². The number of aromatic nitrogens is 2. The summed E-state index contributed by atoms with van der Waals surface area (Å²) in [4.78, 5) is 10.9. The molecule has 110 valence electrons. The van der Waals surface area contributed by atoms with Crippen LogP contribution in [0.5, 0.6) is 5.88 Å². The van der Waals surface area contributed by atoms with E-state index in [1.165, 1.54) is 0 Å². The van der Waals surface area contributed by atoms with Gasteiger partial charge in [0.15, 0.2) is 5.82 Å². The summed E-state index contributed by atoms with van der Waals surface area (Å²) >= 11 is 0. The number of rotatable bonds is 4. The van der Waals surface area contributed by atoms with Crippen LogP contribution in [0.4, 0.5) is 5.82 Å². The maximum absolute atomic E-state index is 5.85. The third-order valence-corrected chi connectivity index (χ3v) is 3.69. The number of hydrogen-bond acceptors (Lipinski definition) is 6. The van der Waals surface area contributed by atoms with Gasteiger partial charge in [0.1, 0.15) is 6.10 Å². The topological polar surface area (TPSA) is 56.7 Å². The van der Waals surface area contributed by atoms with Crippen molar-refractivity contribution >= 4 is 5.82 Å². The van der Waals surface area contributed by atoms with Crippen LogP contribution in [-0.4, -0.2) is 55.1 Å². The van der Waals surface area contributed by atoms with Crippen molar-refractivity contribution in [2.45, 2.75) is 32.0 Å². The molecule has 0 radical (unpaired) electrons. The fourth-order valence-corrected chi connectivity index (χ4v) is 2.71. The molecule has 0 N–H and O–H groups in total. The van der Waals surface area contributed by atoms with Gasteiger partial charge in [0.25, 0.3) is 0 Å². The Morgan fingerprint density at radius 3 is 3.00 bits per heavy atom. The minimum absolute atomic E-state index is 0.129. The van der Waals surface area contributed by atoms with Crippen LogP contribution < -0.4 is 9.64 Å². The first kappa shape index (κ1) is 13.6. The molecule has 1 aromatic rings. The second-order valence-electron chi connectivity index (χ2n) is 5.06. The third kappa shape index (κ3) is 3.02. The first-order valence-electron chi connectivity index (χ1n) is 7.30. The first-order chi connectivity index (χ1) is 9.86. The Labute approximate surface area is 119 Å². The van der Waals surface area contributed by atoms with Gasteiger partial charge in [-0.05, 0) is 19.8 Å². The molecule has 0 amide bonds. The number of morpholine rings is 1. The predicted molar refractivity (Wildman–Crippen MR) is 74.1 cm³/mol. The molecule has 0 bridgehead atoms. The van der Waals surface area contributed by atoms with Crippen molar-refractivity contribution in [1.82, 2.24) is 9.97 Å². The average Bonchev–Trinajstić information content (AvgIpc) is 3.02. The second-order valence-corrected chi connectivity index (χ2v) is 5.06. The van der Waals surface area contributed by atoms with Gasteiger partial charge in [0.2, 0.25) is 5.88 Å². The van der Waals surface area contributed by atoms with E-state index in [9.17, 15) is 0 Å². The van der Waals surface area contributed by atoms with Gasteiger partial charge < -0.3 is 19.1 Å². The number of nitrogens with zero attached hydrogens (tertiary/aromatic N) is 3. The highest BCUT2D eigenvalue weighted by molar-refractivity contribution is 5.38. The van der Waals surface area contributed by atoms with Crippen molar-refractivity contribution in [2.24, 2.45) is 0 Å². The molecular weight excluding hydrogens is 258 g/mol. The molecular formula is C14H21N3O3. The molecule has 1 aromatic heterocycles. The molecule has 3 heterocycles. The number of anilines is 1. The Kier molecular flexibility index (Phi) is 4.32. The van der Waals surface area contributed by atoms with E-state index in [0.717, 1.165) is 38.4 Å². The summed E-state index contributed by atoms with van der Waals surface area (Å²) in [5, 5.41) is 0. The Morgan fingerprint density at radius 2 is 2.20 bits per heavy atom. The predicted octanol–water partition coefficient (Wildman–Crippen LogP) is 1.26. The highest BCUT2D eigenvalue weighted by Gasteiger charge is 2.31. The number of ether oxygens (including phenoxy) is 3. The van der Waals surface area contributed by atoms with Gasteiger partial charge in [-0.25, -0.2) is 0 Å². The zero-order chi connectivity index (χ0) is 13.8. The third-order valence-electron chi connectivity index (χ3n) is 3.69. The Balaban J connectivity index is 1.68. The molecule has 2 atom stereocenters. The van der Waals surface area contributed by atoms with Crippen molar-refractivity contribution < 1.29 is 14.2 Å². The van der Waals surface area contributed by atoms with Gasteiger partial charge in [-0.15, -0.1) is 0 Å². The molecule has 0 saturated carbocycles. The maximum Gasteiger partial charge on any atom is 0.234 e. The van der Waals surface area contributed by atoms with Gasteiger partial charge in [0.05, 0.1) is 31.7 Å². The minimum atomic E-state index is 0.129. The zero-order valence-electron chi connectivity index (χ0n) is 11.8. The highest BCUT2D eigenvalue weighted by atomic mass is 16.5. The van der Waals surface area contributed by atoms with E-state index in [4.69, 9.17) is 14.2 Å². The van der Waals surface area contributed by atoms with E-state index in [1.54, 1.807) is 12.4 Å². The molecule has 6 heteroatoms. The standard InChI is InChI=1S/C14H21N3O3/c1-2-18-14-9-15-8-13(16-14)17-5-7-20-12(10-17)11-4-3-6-19-11/h8-9,11-12H,2-7,10H2,1H3. The molecule has 20 heavy (non-hydrogen) atoms. The summed E-state index contributed by atoms with van der Waals surface area (Å²) in [6.07, 6.45) is 5.99. The zero-order valence-corrected chi connectivity index (χ0v) is 11.8. The lowest BCUT2D eigenvalue weighted by atomic mass is 10.1. The summed E-state index contributed by atoms with van der Waals surface area (Å²) in [6, 6.07) is 0. The SMILES string of the molecule is CCOc1cncc(N2CCOC(C3CCCO3)C2)n1. The summed E-state index contributed by atoms with van der Waals surface area (Å²) in [6.45, 7) is 5.72. The second kappa shape index (κ2) is 6.37. The van der Waals surface area contributed by atoms with E-state index < -0.39 is 0 Å². The van der Waals surface area contributed by atoms with Gasteiger partial charge in [-0.1, -0.05) is 0 Å². The highest BCUT2D eigenvalue weighted by Crippen LogP contribution is 2.23. The molecule has 2 unspecified atom stereocenters. The Morgan fingerprint density at radius 1 is 1.30 bits per heavy atom. The quantitative estimate of drug-likeness (QED) is 0.827. The van der Waals surface area contributed by atoms with Crippen LogP contribution in [0, 0.1) is 0 Å². The summed E-state index contributed by atoms with van der Waals surface area (Å²) < 4.78 is 17.0. The van der Waals surface area contributed by atoms with Gasteiger partial charge >= 0.3 is 0 Å². The lowest BCUT2D eigenvalue weighted by Crippen LogP contribution is -2.48. The van der Waals surface area contributed by atoms with Crippen LogP contribution >= 0.6 is 0 Å². The Bertz CT molecular complexity index is 437. The van der Waals surface area contributed by atoms with Crippen LogP contribution in [-0.2, 0) is 9.47 Å². The number of hydrogen-bond donors (Lipinski definition) is 0. The van der Waals surface area contributed by atoms with E-state index in [-0.39, 0.29) is 12.2 Å². The molecule has 2 aliphatic rings. The van der Waals surface area contributed by atoms with Crippen LogP contribution in [0.3, 0.4) is 0 Å². The van der Waals surface area contributed by atoms with Gasteiger partial charge in [-0.3, -0.25) is 4.98 Å². The summed E-state index contributed by atoms with van der Waals surface area (Å²) in [5.41, 5.74) is 0. The lowest BCUT2D eigenvalue weighted by Gasteiger charge is -2.35. The minimum Gasteiger partial charge on any atom is -0.477 e. The molecule has 0 aliphatic carbocycles. The van der Waals surface area contributed by atoms with Crippen molar-refractivity contribution in [2.75, 3.05) is 37.8 Å². The lowest BCUT2D eigenvalue weighted by molar-refractivity contribution is -0.0544.